The second-order valence-corrected chi connectivity index (χ2v) is 20.1. The van der Waals surface area contributed by atoms with Gasteiger partial charge in [-0.1, -0.05) is 55.5 Å². The minimum atomic E-state index is -0.530. The summed E-state index contributed by atoms with van der Waals surface area (Å²) in [6.07, 6.45) is 4.30. The Kier molecular flexibility index (Phi) is 20.9. The van der Waals surface area contributed by atoms with Crippen LogP contribution in [0.3, 0.4) is 0 Å². The zero-order chi connectivity index (χ0) is 47.4. The highest BCUT2D eigenvalue weighted by atomic mass is 16.2. The van der Waals surface area contributed by atoms with E-state index >= 15 is 0 Å². The van der Waals surface area contributed by atoms with E-state index in [0.29, 0.717) is 37.3 Å². The van der Waals surface area contributed by atoms with Gasteiger partial charge in [0.2, 0.25) is 5.96 Å². The number of amides is 6. The summed E-state index contributed by atoms with van der Waals surface area (Å²) in [4.78, 5) is 49.9. The maximum atomic E-state index is 12.9. The van der Waals surface area contributed by atoms with Crippen LogP contribution in [0, 0.1) is 5.41 Å². The Morgan fingerprint density at radius 2 is 0.734 bits per heavy atom. The van der Waals surface area contributed by atoms with E-state index in [1.54, 1.807) is 24.3 Å². The first-order valence-electron chi connectivity index (χ1n) is 22.8. The zero-order valence-electron chi connectivity index (χ0n) is 40.7. The van der Waals surface area contributed by atoms with Crippen molar-refractivity contribution >= 4 is 29.8 Å². The van der Waals surface area contributed by atoms with Crippen molar-refractivity contribution < 1.29 is 37.1 Å². The van der Waals surface area contributed by atoms with Gasteiger partial charge in [0, 0.05) is 79.7 Å². The number of quaternary nitrogens is 4. The average Bonchev–Trinajstić information content (AvgIpc) is 3.21. The lowest BCUT2D eigenvalue weighted by Crippen LogP contribution is -2.50. The topological polar surface area (TPSA) is 164 Å². The Morgan fingerprint density at radius 1 is 0.438 bits per heavy atom. The summed E-state index contributed by atoms with van der Waals surface area (Å²) in [7, 11) is 19.4. The summed E-state index contributed by atoms with van der Waals surface area (Å²) in [6, 6.07) is 23.4. The molecule has 0 aliphatic carbocycles. The summed E-state index contributed by atoms with van der Waals surface area (Å²) in [6.45, 7) is 10.5. The van der Waals surface area contributed by atoms with Crippen LogP contribution in [-0.4, -0.2) is 164 Å². The molecule has 3 aromatic rings. The van der Waals surface area contributed by atoms with E-state index < -0.39 is 12.1 Å². The molecule has 3 rings (SSSR count). The van der Waals surface area contributed by atoms with E-state index in [1.165, 1.54) is 22.3 Å². The number of urea groups is 2. The summed E-state index contributed by atoms with van der Waals surface area (Å²) in [5, 5.41) is 24.1. The van der Waals surface area contributed by atoms with Gasteiger partial charge in [-0.3, -0.25) is 25.6 Å². The standard InChI is InChI=1S/C49H77N11O4/c1-11-39-16-18-40(19-17-39)36-58(5,6)33-13-28-51-45(61)43-24-26-44(27-25-43)46(62)52-29-14-34-59(7,8)37-41-20-22-42(23-21-41)38-60(9,10)35-15-31-54-49(64)56-47(50)55-48(63)53-30-12-32-57(2,3)4/h16-27H,11-15,28-38H2,1-10H3,(H3-4,50,51,52,53,54,55,56,61,62,63,64)/p+4. The van der Waals surface area contributed by atoms with E-state index in [1.807, 2.05) is 0 Å². The van der Waals surface area contributed by atoms with Crippen LogP contribution in [0.15, 0.2) is 72.8 Å². The lowest BCUT2D eigenvalue weighted by molar-refractivity contribution is -0.904. The third kappa shape index (κ3) is 21.8. The molecule has 0 aromatic heterocycles. The Bertz CT molecular complexity index is 1940. The molecule has 0 atom stereocenters. The normalized spacial score (nSPS) is 12.0. The SMILES string of the molecule is CCc1ccc(C[N+](C)(C)CCCNC(=O)c2ccc(C(=O)NCCC[N+](C)(C)Cc3ccc(C[N+](C)(C)CCCNC(=O)NC(=N)NC(=O)NCCC[N+](C)(C)C)cc3)cc2)cc1. The van der Waals surface area contributed by atoms with Crippen LogP contribution in [0.1, 0.15) is 75.6 Å². The highest BCUT2D eigenvalue weighted by Gasteiger charge is 2.20. The summed E-state index contributed by atoms with van der Waals surface area (Å²) >= 11 is 0. The number of rotatable bonds is 25. The largest absolute Gasteiger partial charge is 0.352 e. The third-order valence-corrected chi connectivity index (χ3v) is 11.1. The molecule has 3 aromatic carbocycles. The Balaban J connectivity index is 1.28. The fraction of sp³-hybridized carbons (Fsp3) is 0.531. The molecule has 0 unspecified atom stereocenters. The van der Waals surface area contributed by atoms with Crippen molar-refractivity contribution in [3.8, 4) is 0 Å². The van der Waals surface area contributed by atoms with Gasteiger partial charge < -0.3 is 39.2 Å². The molecule has 0 aliphatic rings. The van der Waals surface area contributed by atoms with Gasteiger partial charge in [0.25, 0.3) is 11.8 Å². The summed E-state index contributed by atoms with van der Waals surface area (Å²) in [5.41, 5.74) is 6.22. The van der Waals surface area contributed by atoms with E-state index in [0.717, 1.165) is 95.8 Å². The maximum absolute atomic E-state index is 12.9. The molecule has 0 aliphatic heterocycles. The van der Waals surface area contributed by atoms with Crippen LogP contribution in [0.2, 0.25) is 0 Å². The molecule has 64 heavy (non-hydrogen) atoms. The first-order chi connectivity index (χ1) is 30.0. The number of hydrogen-bond donors (Lipinski definition) is 7. The lowest BCUT2D eigenvalue weighted by Gasteiger charge is -2.31. The number of carbonyl (C=O) groups is 4. The van der Waals surface area contributed by atoms with Crippen molar-refractivity contribution in [2.24, 2.45) is 0 Å². The third-order valence-electron chi connectivity index (χ3n) is 11.1. The van der Waals surface area contributed by atoms with Crippen molar-refractivity contribution in [2.75, 3.05) is 116 Å². The highest BCUT2D eigenvalue weighted by Crippen LogP contribution is 2.16. The molecule has 6 amide bonds. The smallest absolute Gasteiger partial charge is 0.321 e. The minimum Gasteiger partial charge on any atom is -0.352 e. The van der Waals surface area contributed by atoms with Crippen molar-refractivity contribution in [1.82, 2.24) is 31.9 Å². The molecule has 0 bridgehead atoms. The fourth-order valence-electron chi connectivity index (χ4n) is 7.56. The predicted molar refractivity (Wildman–Crippen MR) is 258 cm³/mol. The molecule has 352 valence electrons. The fourth-order valence-corrected chi connectivity index (χ4v) is 7.56. The number of benzene rings is 3. The molecule has 0 fully saturated rings. The van der Waals surface area contributed by atoms with E-state index in [2.05, 4.69) is 151 Å². The molecule has 15 heteroatoms. The predicted octanol–water partition coefficient (Wildman–Crippen LogP) is 4.64. The monoisotopic (exact) mass is 888 g/mol. The van der Waals surface area contributed by atoms with Crippen LogP contribution < -0.4 is 31.9 Å². The van der Waals surface area contributed by atoms with Gasteiger partial charge in [-0.15, -0.1) is 0 Å². The Morgan fingerprint density at radius 3 is 1.05 bits per heavy atom. The van der Waals surface area contributed by atoms with Gasteiger partial charge in [-0.2, -0.15) is 0 Å². The van der Waals surface area contributed by atoms with Gasteiger partial charge >= 0.3 is 12.1 Å². The van der Waals surface area contributed by atoms with Crippen LogP contribution in [-0.2, 0) is 26.1 Å². The molecule has 0 heterocycles. The van der Waals surface area contributed by atoms with Crippen molar-refractivity contribution in [3.63, 3.8) is 0 Å². The molecule has 0 spiro atoms. The number of carbonyl (C=O) groups excluding carboxylic acids is 4. The summed E-state index contributed by atoms with van der Waals surface area (Å²) in [5.74, 6) is -0.650. The first-order valence-corrected chi connectivity index (χ1v) is 22.8. The van der Waals surface area contributed by atoms with Crippen LogP contribution in [0.5, 0.6) is 0 Å². The van der Waals surface area contributed by atoms with Crippen molar-refractivity contribution in [1.29, 1.82) is 5.41 Å². The summed E-state index contributed by atoms with van der Waals surface area (Å²) < 4.78 is 3.18. The van der Waals surface area contributed by atoms with Gasteiger partial charge in [0.15, 0.2) is 0 Å². The Labute approximate surface area is 383 Å². The number of guanidine groups is 1. The van der Waals surface area contributed by atoms with Crippen molar-refractivity contribution in [2.45, 2.75) is 58.7 Å². The van der Waals surface area contributed by atoms with Gasteiger partial charge in [-0.05, 0) is 36.2 Å². The first kappa shape index (κ1) is 53.0. The molecule has 0 saturated heterocycles. The minimum absolute atomic E-state index is 0.131. The number of nitrogens with one attached hydrogen (secondary N) is 7. The van der Waals surface area contributed by atoms with Gasteiger partial charge in [0.1, 0.15) is 19.6 Å². The van der Waals surface area contributed by atoms with E-state index in [9.17, 15) is 19.2 Å². The molecular weight excluding hydrogens is 807 g/mol. The van der Waals surface area contributed by atoms with E-state index in [4.69, 9.17) is 5.41 Å². The van der Waals surface area contributed by atoms with Crippen LogP contribution >= 0.6 is 0 Å². The van der Waals surface area contributed by atoms with Crippen molar-refractivity contribution in [3.05, 3.63) is 106 Å². The second-order valence-electron chi connectivity index (χ2n) is 20.1. The molecule has 0 radical (unpaired) electrons. The zero-order valence-corrected chi connectivity index (χ0v) is 40.7. The molecular formula is C49H81N11O4+4. The Hall–Kier alpha value is -5.35. The highest BCUT2D eigenvalue weighted by molar-refractivity contribution is 6.02. The van der Waals surface area contributed by atoms with Crippen LogP contribution in [0.25, 0.3) is 0 Å². The molecule has 15 nitrogen and oxygen atoms in total. The average molecular weight is 888 g/mol. The molecule has 0 saturated carbocycles. The number of hydrogen-bond acceptors (Lipinski definition) is 5. The maximum Gasteiger partial charge on any atom is 0.321 e. The second kappa shape index (κ2) is 25.2. The van der Waals surface area contributed by atoms with E-state index in [-0.39, 0.29) is 17.8 Å². The van der Waals surface area contributed by atoms with Gasteiger partial charge in [-0.25, -0.2) is 9.59 Å². The molecule has 7 N–H and O–H groups in total. The van der Waals surface area contributed by atoms with Gasteiger partial charge in [0.05, 0.1) is 89.6 Å². The van der Waals surface area contributed by atoms with Crippen LogP contribution in [0.4, 0.5) is 9.59 Å². The lowest BCUT2D eigenvalue weighted by atomic mass is 10.1. The quantitative estimate of drug-likeness (QED) is 0.0286. The number of nitrogens with zero attached hydrogens (tertiary/aromatic N) is 4. The number of aryl methyl sites for hydroxylation is 1.